The van der Waals surface area contributed by atoms with Crippen molar-refractivity contribution in [3.63, 3.8) is 0 Å². The Balaban J connectivity index is 2.33. The number of nitrogens with zero attached hydrogens (tertiary/aromatic N) is 4. The third-order valence-electron chi connectivity index (χ3n) is 1.84. The summed E-state index contributed by atoms with van der Waals surface area (Å²) in [7, 11) is 0. The molecule has 0 atom stereocenters. The van der Waals surface area contributed by atoms with E-state index in [1.54, 1.807) is 20.8 Å². The van der Waals surface area contributed by atoms with Gasteiger partial charge >= 0.3 is 5.97 Å². The largest absolute Gasteiger partial charge is 0.456 e. The van der Waals surface area contributed by atoms with Crippen LogP contribution in [0, 0.1) is 0 Å². The Morgan fingerprint density at radius 2 is 2.18 bits per heavy atom. The van der Waals surface area contributed by atoms with Crippen LogP contribution in [0.15, 0.2) is 12.4 Å². The quantitative estimate of drug-likeness (QED) is 0.729. The molecule has 17 heavy (non-hydrogen) atoms. The first-order chi connectivity index (χ1) is 7.85. The Morgan fingerprint density at radius 1 is 1.47 bits per heavy atom. The van der Waals surface area contributed by atoms with Gasteiger partial charge in [0.1, 0.15) is 5.60 Å². The zero-order chi connectivity index (χ0) is 12.6. The van der Waals surface area contributed by atoms with Crippen LogP contribution in [-0.4, -0.2) is 31.2 Å². The van der Waals surface area contributed by atoms with Gasteiger partial charge in [-0.15, -0.1) is 5.10 Å². The molecule has 2 aromatic heterocycles. The average molecular weight is 235 g/mol. The molecule has 0 fully saturated rings. The topological polar surface area (TPSA) is 95.4 Å². The van der Waals surface area contributed by atoms with E-state index in [-0.39, 0.29) is 5.95 Å². The summed E-state index contributed by atoms with van der Waals surface area (Å²) in [5.41, 5.74) is 5.17. The molecule has 0 unspecified atom stereocenters. The van der Waals surface area contributed by atoms with E-state index in [0.29, 0.717) is 11.3 Å². The molecule has 0 aliphatic carbocycles. The summed E-state index contributed by atoms with van der Waals surface area (Å²) in [4.78, 5) is 19.6. The summed E-state index contributed by atoms with van der Waals surface area (Å²) in [6.07, 6.45) is 2.87. The lowest BCUT2D eigenvalue weighted by Crippen LogP contribution is -2.24. The normalized spacial score (nSPS) is 11.7. The number of esters is 1. The molecule has 7 heteroatoms. The summed E-state index contributed by atoms with van der Waals surface area (Å²) in [6, 6.07) is 0. The molecule has 0 aliphatic heterocycles. The van der Waals surface area contributed by atoms with Crippen LogP contribution in [0.4, 0.5) is 5.95 Å². The summed E-state index contributed by atoms with van der Waals surface area (Å²) >= 11 is 0. The number of nitrogen functional groups attached to an aromatic ring is 1. The number of rotatable bonds is 1. The van der Waals surface area contributed by atoms with Crippen LogP contribution >= 0.6 is 0 Å². The predicted octanol–water partition coefficient (Wildman–Crippen LogP) is 0.662. The maximum atomic E-state index is 11.8. The Hall–Kier alpha value is -2.18. The van der Waals surface area contributed by atoms with Crippen LogP contribution in [0.1, 0.15) is 31.1 Å². The van der Waals surface area contributed by atoms with Crippen molar-refractivity contribution in [3.8, 4) is 0 Å². The van der Waals surface area contributed by atoms with E-state index in [2.05, 4.69) is 15.1 Å². The fourth-order valence-electron chi connectivity index (χ4n) is 1.24. The number of nitrogens with two attached hydrogens (primary N) is 1. The lowest BCUT2D eigenvalue weighted by Gasteiger charge is -2.19. The summed E-state index contributed by atoms with van der Waals surface area (Å²) < 4.78 is 6.55. The first-order valence-corrected chi connectivity index (χ1v) is 5.06. The molecule has 0 saturated heterocycles. The van der Waals surface area contributed by atoms with Crippen LogP contribution in [0.25, 0.3) is 5.78 Å². The maximum Gasteiger partial charge on any atom is 0.341 e. The smallest absolute Gasteiger partial charge is 0.341 e. The molecule has 0 aromatic carbocycles. The molecule has 0 aliphatic rings. The number of aromatic nitrogens is 4. The van der Waals surface area contributed by atoms with Crippen molar-refractivity contribution < 1.29 is 9.53 Å². The molecule has 0 spiro atoms. The molecule has 90 valence electrons. The minimum atomic E-state index is -0.548. The minimum absolute atomic E-state index is 0.110. The second kappa shape index (κ2) is 3.69. The third-order valence-corrected chi connectivity index (χ3v) is 1.84. The van der Waals surface area contributed by atoms with E-state index in [4.69, 9.17) is 10.5 Å². The van der Waals surface area contributed by atoms with E-state index in [9.17, 15) is 4.79 Å². The molecule has 0 amide bonds. The Bertz CT molecular complexity index is 570. The number of hydrogen-bond donors (Lipinski definition) is 1. The highest BCUT2D eigenvalue weighted by Gasteiger charge is 2.18. The van der Waals surface area contributed by atoms with E-state index >= 15 is 0 Å². The van der Waals surface area contributed by atoms with Gasteiger partial charge in [0.15, 0.2) is 0 Å². The molecule has 0 bridgehead atoms. The molecule has 0 saturated carbocycles. The highest BCUT2D eigenvalue weighted by Crippen LogP contribution is 2.11. The second-order valence-electron chi connectivity index (χ2n) is 4.56. The van der Waals surface area contributed by atoms with Crippen LogP contribution in [0.5, 0.6) is 0 Å². The summed E-state index contributed by atoms with van der Waals surface area (Å²) in [6.45, 7) is 5.39. The lowest BCUT2D eigenvalue weighted by molar-refractivity contribution is 0.00684. The summed E-state index contributed by atoms with van der Waals surface area (Å²) in [5, 5.41) is 3.87. The van der Waals surface area contributed by atoms with Gasteiger partial charge < -0.3 is 10.5 Å². The van der Waals surface area contributed by atoms with Gasteiger partial charge in [-0.1, -0.05) is 0 Å². The van der Waals surface area contributed by atoms with Gasteiger partial charge in [0.05, 0.1) is 5.56 Å². The lowest BCUT2D eigenvalue weighted by atomic mass is 10.2. The molecule has 0 radical (unpaired) electrons. The van der Waals surface area contributed by atoms with Gasteiger partial charge in [-0.05, 0) is 20.8 Å². The predicted molar refractivity (Wildman–Crippen MR) is 60.4 cm³/mol. The fraction of sp³-hybridized carbons (Fsp3) is 0.400. The monoisotopic (exact) mass is 235 g/mol. The highest BCUT2D eigenvalue weighted by atomic mass is 16.6. The fourth-order valence-corrected chi connectivity index (χ4v) is 1.24. The molecule has 2 aromatic rings. The van der Waals surface area contributed by atoms with Crippen molar-refractivity contribution in [2.45, 2.75) is 26.4 Å². The van der Waals surface area contributed by atoms with Gasteiger partial charge in [-0.3, -0.25) is 0 Å². The number of fused-ring (bicyclic) bond motifs is 1. The first-order valence-electron chi connectivity index (χ1n) is 5.06. The third kappa shape index (κ3) is 2.49. The van der Waals surface area contributed by atoms with Crippen molar-refractivity contribution >= 4 is 17.7 Å². The second-order valence-corrected chi connectivity index (χ2v) is 4.56. The average Bonchev–Trinajstić information content (AvgIpc) is 2.53. The zero-order valence-corrected chi connectivity index (χ0v) is 9.84. The van der Waals surface area contributed by atoms with Crippen molar-refractivity contribution in [1.82, 2.24) is 19.6 Å². The number of carbonyl (C=O) groups excluding carboxylic acids is 1. The van der Waals surface area contributed by atoms with E-state index in [1.165, 1.54) is 16.9 Å². The van der Waals surface area contributed by atoms with E-state index < -0.39 is 11.6 Å². The maximum absolute atomic E-state index is 11.8. The van der Waals surface area contributed by atoms with Gasteiger partial charge in [0.2, 0.25) is 5.95 Å². The Morgan fingerprint density at radius 3 is 2.82 bits per heavy atom. The highest BCUT2D eigenvalue weighted by molar-refractivity contribution is 5.89. The number of carbonyl (C=O) groups is 1. The van der Waals surface area contributed by atoms with Crippen molar-refractivity contribution in [1.29, 1.82) is 0 Å². The molecule has 7 nitrogen and oxygen atoms in total. The van der Waals surface area contributed by atoms with Gasteiger partial charge in [-0.2, -0.15) is 4.98 Å². The standard InChI is InChI=1S/C10H13N5O2/c1-10(2,3)17-7(16)6-4-12-9-13-8(11)14-15(9)5-6/h4-5H,1-3H3,(H2,11,14). The van der Waals surface area contributed by atoms with Crippen molar-refractivity contribution in [3.05, 3.63) is 18.0 Å². The molecular formula is C10H13N5O2. The first kappa shape index (κ1) is 11.3. The molecular weight excluding hydrogens is 222 g/mol. The van der Waals surface area contributed by atoms with Crippen LogP contribution in [0.2, 0.25) is 0 Å². The summed E-state index contributed by atoms with van der Waals surface area (Å²) in [5.74, 6) is -0.00498. The van der Waals surface area contributed by atoms with Crippen molar-refractivity contribution in [2.75, 3.05) is 5.73 Å². The van der Waals surface area contributed by atoms with Crippen LogP contribution in [0.3, 0.4) is 0 Å². The van der Waals surface area contributed by atoms with E-state index in [0.717, 1.165) is 0 Å². The SMILES string of the molecule is CC(C)(C)OC(=O)c1cnc2nc(N)nn2c1. The molecule has 2 N–H and O–H groups in total. The molecule has 2 rings (SSSR count). The van der Waals surface area contributed by atoms with Crippen LogP contribution in [-0.2, 0) is 4.74 Å². The molecule has 2 heterocycles. The van der Waals surface area contributed by atoms with Gasteiger partial charge in [0.25, 0.3) is 5.78 Å². The number of hydrogen-bond acceptors (Lipinski definition) is 6. The number of anilines is 1. The Labute approximate surface area is 97.6 Å². The van der Waals surface area contributed by atoms with Crippen molar-refractivity contribution in [2.24, 2.45) is 0 Å². The van der Waals surface area contributed by atoms with E-state index in [1.807, 2.05) is 0 Å². The number of ether oxygens (including phenoxy) is 1. The van der Waals surface area contributed by atoms with Gasteiger partial charge in [-0.25, -0.2) is 14.3 Å². The van der Waals surface area contributed by atoms with Crippen LogP contribution < -0.4 is 5.73 Å². The minimum Gasteiger partial charge on any atom is -0.456 e. The Kier molecular flexibility index (Phi) is 2.45. The zero-order valence-electron chi connectivity index (χ0n) is 9.84. The van der Waals surface area contributed by atoms with Gasteiger partial charge in [0, 0.05) is 12.4 Å².